The molecule has 0 fully saturated rings. The van der Waals surface area contributed by atoms with Crippen molar-refractivity contribution in [1.82, 2.24) is 4.90 Å². The highest BCUT2D eigenvalue weighted by molar-refractivity contribution is 6.42. The molecular formula is C20H22N2O3. The zero-order chi connectivity index (χ0) is 18.6. The molecule has 0 aliphatic rings. The highest BCUT2D eigenvalue weighted by atomic mass is 16.2. The van der Waals surface area contributed by atoms with Crippen molar-refractivity contribution in [2.75, 3.05) is 18.9 Å². The summed E-state index contributed by atoms with van der Waals surface area (Å²) in [4.78, 5) is 37.8. The molecule has 0 spiro atoms. The fraction of sp³-hybridized carbons (Fsp3) is 0.250. The van der Waals surface area contributed by atoms with Gasteiger partial charge in [-0.2, -0.15) is 0 Å². The van der Waals surface area contributed by atoms with E-state index in [1.54, 1.807) is 24.3 Å². The Morgan fingerprint density at radius 3 is 2.04 bits per heavy atom. The molecule has 0 radical (unpaired) electrons. The molecule has 0 atom stereocenters. The van der Waals surface area contributed by atoms with Crippen molar-refractivity contribution in [1.29, 1.82) is 0 Å². The quantitative estimate of drug-likeness (QED) is 0.673. The van der Waals surface area contributed by atoms with Crippen LogP contribution in [0.3, 0.4) is 0 Å². The Kier molecular flexibility index (Phi) is 5.70. The molecule has 2 aromatic rings. The van der Waals surface area contributed by atoms with Crippen molar-refractivity contribution in [3.8, 4) is 0 Å². The van der Waals surface area contributed by atoms with Crippen LogP contribution in [0.15, 0.2) is 42.5 Å². The molecule has 0 aromatic heterocycles. The van der Waals surface area contributed by atoms with Crippen molar-refractivity contribution in [3.63, 3.8) is 0 Å². The number of nitrogens with zero attached hydrogens (tertiary/aromatic N) is 1. The van der Waals surface area contributed by atoms with E-state index in [1.165, 1.54) is 7.05 Å². The van der Waals surface area contributed by atoms with Gasteiger partial charge in [0.1, 0.15) is 0 Å². The summed E-state index contributed by atoms with van der Waals surface area (Å²) in [6.07, 6.45) is 0. The Bertz CT molecular complexity index is 790. The average molecular weight is 338 g/mol. The van der Waals surface area contributed by atoms with Crippen molar-refractivity contribution in [2.24, 2.45) is 0 Å². The van der Waals surface area contributed by atoms with Crippen molar-refractivity contribution < 1.29 is 14.4 Å². The van der Waals surface area contributed by atoms with E-state index in [0.717, 1.165) is 27.3 Å². The molecule has 0 aliphatic heterocycles. The number of hydrogen-bond acceptors (Lipinski definition) is 3. The van der Waals surface area contributed by atoms with Crippen molar-refractivity contribution >= 4 is 23.3 Å². The van der Waals surface area contributed by atoms with E-state index >= 15 is 0 Å². The lowest BCUT2D eigenvalue weighted by atomic mass is 10.1. The molecule has 5 heteroatoms. The van der Waals surface area contributed by atoms with Gasteiger partial charge in [-0.15, -0.1) is 0 Å². The zero-order valence-corrected chi connectivity index (χ0v) is 14.9. The second kappa shape index (κ2) is 7.75. The Labute approximate surface area is 147 Å². The average Bonchev–Trinajstić information content (AvgIpc) is 2.57. The van der Waals surface area contributed by atoms with Crippen LogP contribution in [-0.4, -0.2) is 36.1 Å². The maximum absolute atomic E-state index is 12.2. The molecule has 1 N–H and O–H groups in total. The number of aryl methyl sites for hydroxylation is 3. The van der Waals surface area contributed by atoms with Gasteiger partial charge in [0.25, 0.3) is 5.91 Å². The van der Waals surface area contributed by atoms with E-state index < -0.39 is 11.7 Å². The van der Waals surface area contributed by atoms with Gasteiger partial charge in [-0.1, -0.05) is 48.0 Å². The number of anilines is 1. The molecule has 130 valence electrons. The third-order valence-corrected chi connectivity index (χ3v) is 3.98. The second-order valence-electron chi connectivity index (χ2n) is 6.17. The van der Waals surface area contributed by atoms with Gasteiger partial charge in [0, 0.05) is 18.3 Å². The summed E-state index contributed by atoms with van der Waals surface area (Å²) in [7, 11) is 1.44. The topological polar surface area (TPSA) is 66.5 Å². The van der Waals surface area contributed by atoms with Crippen LogP contribution in [0.25, 0.3) is 0 Å². The van der Waals surface area contributed by atoms with Gasteiger partial charge in [0.2, 0.25) is 11.7 Å². The first-order chi connectivity index (χ1) is 11.8. The lowest BCUT2D eigenvalue weighted by Gasteiger charge is -2.17. The number of hydrogen-bond donors (Lipinski definition) is 1. The number of carbonyl (C=O) groups excluding carboxylic acids is 3. The molecule has 2 amide bonds. The molecule has 0 heterocycles. The predicted octanol–water partition coefficient (Wildman–Crippen LogP) is 2.89. The van der Waals surface area contributed by atoms with E-state index in [-0.39, 0.29) is 12.5 Å². The monoisotopic (exact) mass is 338 g/mol. The fourth-order valence-electron chi connectivity index (χ4n) is 2.48. The summed E-state index contributed by atoms with van der Waals surface area (Å²) >= 11 is 0. The van der Waals surface area contributed by atoms with Crippen LogP contribution >= 0.6 is 0 Å². The first-order valence-corrected chi connectivity index (χ1v) is 8.02. The molecular weight excluding hydrogens is 316 g/mol. The minimum atomic E-state index is -0.708. The summed E-state index contributed by atoms with van der Waals surface area (Å²) in [5.74, 6) is -1.67. The number of para-hydroxylation sites is 1. The van der Waals surface area contributed by atoms with E-state index in [9.17, 15) is 14.4 Å². The third kappa shape index (κ3) is 4.53. The maximum atomic E-state index is 12.2. The second-order valence-corrected chi connectivity index (χ2v) is 6.17. The Balaban J connectivity index is 2.02. The molecule has 0 unspecified atom stereocenters. The number of amides is 2. The molecule has 25 heavy (non-hydrogen) atoms. The fourth-order valence-corrected chi connectivity index (χ4v) is 2.48. The highest BCUT2D eigenvalue weighted by Crippen LogP contribution is 2.19. The minimum absolute atomic E-state index is 0.190. The predicted molar refractivity (Wildman–Crippen MR) is 97.7 cm³/mol. The normalized spacial score (nSPS) is 10.2. The summed E-state index contributed by atoms with van der Waals surface area (Å²) < 4.78 is 0. The summed E-state index contributed by atoms with van der Waals surface area (Å²) in [5.41, 5.74) is 3.94. The van der Waals surface area contributed by atoms with Gasteiger partial charge in [-0.05, 0) is 31.9 Å². The summed E-state index contributed by atoms with van der Waals surface area (Å²) in [5, 5.41) is 2.81. The van der Waals surface area contributed by atoms with Gasteiger partial charge in [-0.25, -0.2) is 0 Å². The van der Waals surface area contributed by atoms with Crippen LogP contribution in [0.5, 0.6) is 0 Å². The first kappa shape index (κ1) is 18.4. The standard InChI is InChI=1S/C20H22N2O3/c1-13-8-10-16(11-9-13)19(24)20(25)22(4)12-17(23)21-18-14(2)6-5-7-15(18)3/h5-11H,12H2,1-4H3,(H,21,23). The molecule has 0 bridgehead atoms. The van der Waals surface area contributed by atoms with Gasteiger partial charge in [-0.3, -0.25) is 14.4 Å². The minimum Gasteiger partial charge on any atom is -0.330 e. The van der Waals surface area contributed by atoms with Crippen molar-refractivity contribution in [2.45, 2.75) is 20.8 Å². The number of likely N-dealkylation sites (N-methyl/N-ethyl adjacent to an activating group) is 1. The molecule has 0 saturated heterocycles. The molecule has 0 aliphatic carbocycles. The summed E-state index contributed by atoms with van der Waals surface area (Å²) in [6, 6.07) is 12.5. The zero-order valence-electron chi connectivity index (χ0n) is 14.9. The lowest BCUT2D eigenvalue weighted by Crippen LogP contribution is -2.39. The SMILES string of the molecule is Cc1ccc(C(=O)C(=O)N(C)CC(=O)Nc2c(C)cccc2C)cc1. The van der Waals surface area contributed by atoms with Gasteiger partial charge in [0.05, 0.1) is 6.54 Å². The smallest absolute Gasteiger partial charge is 0.295 e. The highest BCUT2D eigenvalue weighted by Gasteiger charge is 2.22. The molecule has 2 rings (SSSR count). The van der Waals surface area contributed by atoms with Crippen LogP contribution in [0.1, 0.15) is 27.0 Å². The van der Waals surface area contributed by atoms with Crippen molar-refractivity contribution in [3.05, 3.63) is 64.7 Å². The Hall–Kier alpha value is -2.95. The number of rotatable bonds is 5. The van der Waals surface area contributed by atoms with E-state index in [2.05, 4.69) is 5.32 Å². The number of Topliss-reactive ketones (excluding diaryl/α,β-unsaturated/α-hetero) is 1. The molecule has 0 saturated carbocycles. The van der Waals surface area contributed by atoms with Crippen LogP contribution in [0, 0.1) is 20.8 Å². The van der Waals surface area contributed by atoms with E-state index in [4.69, 9.17) is 0 Å². The van der Waals surface area contributed by atoms with Crippen LogP contribution < -0.4 is 5.32 Å². The van der Waals surface area contributed by atoms with E-state index in [0.29, 0.717) is 5.56 Å². The van der Waals surface area contributed by atoms with Gasteiger partial charge in [0.15, 0.2) is 0 Å². The van der Waals surface area contributed by atoms with Crippen LogP contribution in [0.4, 0.5) is 5.69 Å². The van der Waals surface area contributed by atoms with E-state index in [1.807, 2.05) is 39.0 Å². The third-order valence-electron chi connectivity index (χ3n) is 3.98. The number of carbonyl (C=O) groups is 3. The van der Waals surface area contributed by atoms with Gasteiger partial charge >= 0.3 is 0 Å². The van der Waals surface area contributed by atoms with Crippen LogP contribution in [-0.2, 0) is 9.59 Å². The number of ketones is 1. The molecule has 2 aromatic carbocycles. The van der Waals surface area contributed by atoms with Gasteiger partial charge < -0.3 is 10.2 Å². The maximum Gasteiger partial charge on any atom is 0.295 e. The number of nitrogens with one attached hydrogen (secondary N) is 1. The summed E-state index contributed by atoms with van der Waals surface area (Å²) in [6.45, 7) is 5.51. The Morgan fingerprint density at radius 1 is 0.920 bits per heavy atom. The largest absolute Gasteiger partial charge is 0.330 e. The first-order valence-electron chi connectivity index (χ1n) is 8.02. The molecule has 5 nitrogen and oxygen atoms in total. The Morgan fingerprint density at radius 2 is 1.48 bits per heavy atom. The number of benzene rings is 2. The lowest BCUT2D eigenvalue weighted by molar-refractivity contribution is -0.129. The van der Waals surface area contributed by atoms with Crippen LogP contribution in [0.2, 0.25) is 0 Å².